The molecule has 0 aromatic carbocycles. The molecule has 0 radical (unpaired) electrons. The number of amides is 5. The second kappa shape index (κ2) is 17.8. The van der Waals surface area contributed by atoms with E-state index in [1.807, 2.05) is 34.6 Å². The van der Waals surface area contributed by atoms with Crippen molar-refractivity contribution in [3.63, 3.8) is 0 Å². The third kappa shape index (κ3) is 10.6. The van der Waals surface area contributed by atoms with Gasteiger partial charge in [0.1, 0.15) is 23.8 Å². The van der Waals surface area contributed by atoms with Crippen LogP contribution in [0.3, 0.4) is 0 Å². The molecule has 4 rings (SSSR count). The molecule has 1 aliphatic heterocycles. The summed E-state index contributed by atoms with van der Waals surface area (Å²) in [6.07, 6.45) is 14.3. The Hall–Kier alpha value is -3.90. The van der Waals surface area contributed by atoms with E-state index in [0.29, 0.717) is 32.2 Å². The summed E-state index contributed by atoms with van der Waals surface area (Å²) >= 11 is 0. The fraction of sp³-hybridized carbons (Fsp3) is 0.730. The molecule has 0 unspecified atom stereocenters. The summed E-state index contributed by atoms with van der Waals surface area (Å²) in [7, 11) is 0. The van der Waals surface area contributed by atoms with E-state index in [0.717, 1.165) is 57.8 Å². The number of ketones is 1. The van der Waals surface area contributed by atoms with E-state index in [1.165, 1.54) is 18.6 Å². The molecule has 2 saturated carbocycles. The molecule has 1 aromatic rings. The minimum Gasteiger partial charge on any atom is -0.347 e. The molecule has 2 aliphatic carbocycles. The van der Waals surface area contributed by atoms with E-state index >= 15 is 0 Å². The molecule has 3 aliphatic rings. The van der Waals surface area contributed by atoms with Crippen molar-refractivity contribution in [3.8, 4) is 0 Å². The van der Waals surface area contributed by atoms with E-state index in [2.05, 4.69) is 31.2 Å². The van der Waals surface area contributed by atoms with E-state index < -0.39 is 64.9 Å². The molecule has 13 nitrogen and oxygen atoms in total. The Balaban J connectivity index is 1.59. The number of carbonyl (C=O) groups excluding carboxylic acids is 6. The zero-order valence-electron chi connectivity index (χ0n) is 30.5. The third-order valence-electron chi connectivity index (χ3n) is 10.2. The first-order valence-corrected chi connectivity index (χ1v) is 18.6. The van der Waals surface area contributed by atoms with Crippen molar-refractivity contribution in [2.45, 2.75) is 148 Å². The van der Waals surface area contributed by atoms with E-state index in [9.17, 15) is 28.8 Å². The van der Waals surface area contributed by atoms with Crippen molar-refractivity contribution in [2.75, 3.05) is 6.54 Å². The number of hydrogen-bond donors (Lipinski definition) is 4. The average Bonchev–Trinajstić information content (AvgIpc) is 3.91. The summed E-state index contributed by atoms with van der Waals surface area (Å²) in [5, 5.41) is 11.5. The summed E-state index contributed by atoms with van der Waals surface area (Å²) in [6, 6.07) is -3.82. The standard InChI is InChI=1S/C37H57N7O6/c1-6-13-26(30(45)35(49)40-25-17-18-25)41-34(48)29-23(2)14-9-8-12-21-44(29)36(50)31(37(3,4)5)43-33(47)28(24-15-10-7-11-16-24)42-32(46)27-22-38-19-20-39-27/h19-20,22-26,28-29,31H,6-18,21H2,1-5H3,(H,40,49)(H,41,48)(H,42,46)(H,43,47)/t23-,26-,28-,29-,31+/m0/s1. The van der Waals surface area contributed by atoms with Crippen molar-refractivity contribution < 1.29 is 28.8 Å². The van der Waals surface area contributed by atoms with Crippen molar-refractivity contribution in [2.24, 2.45) is 17.3 Å². The first-order chi connectivity index (χ1) is 23.8. The number of nitrogens with zero attached hydrogens (tertiary/aromatic N) is 3. The Kier molecular flexibility index (Phi) is 13.9. The Bertz CT molecular complexity index is 1360. The number of hydrogen-bond acceptors (Lipinski definition) is 8. The van der Waals surface area contributed by atoms with Gasteiger partial charge in [0.25, 0.3) is 11.8 Å². The molecule has 0 spiro atoms. The van der Waals surface area contributed by atoms with Crippen molar-refractivity contribution in [3.05, 3.63) is 24.3 Å². The van der Waals surface area contributed by atoms with Crippen LogP contribution in [0.2, 0.25) is 0 Å². The lowest BCUT2D eigenvalue weighted by atomic mass is 9.81. The third-order valence-corrected chi connectivity index (χ3v) is 10.2. The van der Waals surface area contributed by atoms with Gasteiger partial charge in [-0.25, -0.2) is 4.98 Å². The maximum atomic E-state index is 14.7. The highest BCUT2D eigenvalue weighted by Gasteiger charge is 2.44. The van der Waals surface area contributed by atoms with Crippen LogP contribution >= 0.6 is 0 Å². The molecule has 276 valence electrons. The monoisotopic (exact) mass is 695 g/mol. The van der Waals surface area contributed by atoms with Crippen LogP contribution in [-0.2, 0) is 24.0 Å². The number of nitrogens with one attached hydrogen (secondary N) is 4. The van der Waals surface area contributed by atoms with Crippen LogP contribution in [0.15, 0.2) is 18.6 Å². The fourth-order valence-corrected chi connectivity index (χ4v) is 7.18. The minimum atomic E-state index is -1.02. The molecule has 2 heterocycles. The summed E-state index contributed by atoms with van der Waals surface area (Å²) in [6.45, 7) is 9.69. The van der Waals surface area contributed by atoms with Crippen LogP contribution in [0.4, 0.5) is 0 Å². The van der Waals surface area contributed by atoms with Crippen LogP contribution in [0.25, 0.3) is 0 Å². The lowest BCUT2D eigenvalue weighted by Gasteiger charge is -2.42. The zero-order valence-corrected chi connectivity index (χ0v) is 30.5. The van der Waals surface area contributed by atoms with E-state index in [1.54, 1.807) is 4.90 Å². The highest BCUT2D eigenvalue weighted by Crippen LogP contribution is 2.30. The Labute approximate surface area is 296 Å². The van der Waals surface area contributed by atoms with Gasteiger partial charge < -0.3 is 26.2 Å². The highest BCUT2D eigenvalue weighted by molar-refractivity contribution is 6.38. The molecule has 5 atom stereocenters. The number of likely N-dealkylation sites (tertiary alicyclic amines) is 1. The summed E-state index contributed by atoms with van der Waals surface area (Å²) in [5.74, 6) is -3.58. The van der Waals surface area contributed by atoms with E-state index in [4.69, 9.17) is 0 Å². The topological polar surface area (TPSA) is 180 Å². The highest BCUT2D eigenvalue weighted by atomic mass is 16.2. The first-order valence-electron chi connectivity index (χ1n) is 18.6. The molecule has 5 amide bonds. The molecule has 3 fully saturated rings. The smallest absolute Gasteiger partial charge is 0.289 e. The lowest BCUT2D eigenvalue weighted by Crippen LogP contribution is -2.64. The van der Waals surface area contributed by atoms with Gasteiger partial charge in [0.15, 0.2) is 0 Å². The Morgan fingerprint density at radius 3 is 2.18 bits per heavy atom. The minimum absolute atomic E-state index is 0.00533. The van der Waals surface area contributed by atoms with Gasteiger partial charge in [-0.3, -0.25) is 33.8 Å². The van der Waals surface area contributed by atoms with Gasteiger partial charge in [0.05, 0.1) is 12.2 Å². The molecule has 1 aromatic heterocycles. The van der Waals surface area contributed by atoms with Crippen LogP contribution in [0, 0.1) is 17.3 Å². The molecule has 4 N–H and O–H groups in total. The maximum Gasteiger partial charge on any atom is 0.289 e. The summed E-state index contributed by atoms with van der Waals surface area (Å²) in [4.78, 5) is 91.8. The maximum absolute atomic E-state index is 14.7. The number of Topliss-reactive ketones (excluding diaryl/α,β-unsaturated/α-hetero) is 1. The SMILES string of the molecule is CCC[C@H](NC(=O)[C@@H]1[C@@H](C)CCCCCN1C(=O)[C@@H](NC(=O)[C@@H](NC(=O)c1cnccn1)C1CCCCC1)C(C)(C)C)C(=O)C(=O)NC1CC1. The van der Waals surface area contributed by atoms with Gasteiger partial charge in [-0.1, -0.05) is 73.1 Å². The Morgan fingerprint density at radius 1 is 0.880 bits per heavy atom. The van der Waals surface area contributed by atoms with Crippen LogP contribution in [0.1, 0.15) is 129 Å². The van der Waals surface area contributed by atoms with Gasteiger partial charge in [0, 0.05) is 25.0 Å². The van der Waals surface area contributed by atoms with Crippen molar-refractivity contribution in [1.82, 2.24) is 36.1 Å². The molecule has 13 heteroatoms. The molecular weight excluding hydrogens is 638 g/mol. The lowest BCUT2D eigenvalue weighted by molar-refractivity contribution is -0.149. The predicted octanol–water partition coefficient (Wildman–Crippen LogP) is 3.23. The number of carbonyl (C=O) groups is 6. The van der Waals surface area contributed by atoms with Gasteiger partial charge >= 0.3 is 0 Å². The van der Waals surface area contributed by atoms with Gasteiger partial charge in [-0.15, -0.1) is 0 Å². The van der Waals surface area contributed by atoms with Crippen molar-refractivity contribution >= 4 is 35.3 Å². The van der Waals surface area contributed by atoms with Gasteiger partial charge in [0.2, 0.25) is 23.5 Å². The van der Waals surface area contributed by atoms with Crippen molar-refractivity contribution in [1.29, 1.82) is 0 Å². The van der Waals surface area contributed by atoms with Crippen LogP contribution in [0.5, 0.6) is 0 Å². The predicted molar refractivity (Wildman–Crippen MR) is 187 cm³/mol. The van der Waals surface area contributed by atoms with E-state index in [-0.39, 0.29) is 23.6 Å². The zero-order chi connectivity index (χ0) is 36.4. The molecule has 1 saturated heterocycles. The molecule has 0 bridgehead atoms. The Morgan fingerprint density at radius 2 is 1.56 bits per heavy atom. The second-order valence-electron chi connectivity index (χ2n) is 15.5. The number of rotatable bonds is 13. The molecule has 50 heavy (non-hydrogen) atoms. The summed E-state index contributed by atoms with van der Waals surface area (Å²) in [5.41, 5.74) is -0.662. The summed E-state index contributed by atoms with van der Waals surface area (Å²) < 4.78 is 0. The molecular formula is C37H57N7O6. The quantitative estimate of drug-likeness (QED) is 0.227. The first kappa shape index (κ1) is 38.9. The largest absolute Gasteiger partial charge is 0.347 e. The van der Waals surface area contributed by atoms with Crippen LogP contribution in [-0.4, -0.2) is 86.9 Å². The normalized spacial score (nSPS) is 22.1. The second-order valence-corrected chi connectivity index (χ2v) is 15.5. The van der Waals surface area contributed by atoms with Crippen LogP contribution < -0.4 is 21.3 Å². The average molecular weight is 696 g/mol. The van der Waals surface area contributed by atoms with Gasteiger partial charge in [-0.05, 0) is 62.2 Å². The number of aromatic nitrogens is 2. The fourth-order valence-electron chi connectivity index (χ4n) is 7.18. The van der Waals surface area contributed by atoms with Gasteiger partial charge in [-0.2, -0.15) is 0 Å².